The Balaban J connectivity index is 0.00000306. The van der Waals surface area contributed by atoms with Crippen molar-refractivity contribution in [3.8, 4) is 22.6 Å². The number of carbonyl (C=O) groups excluding carboxylic acids is 1. The number of hydrogen-bond donors (Lipinski definition) is 3. The Kier molecular flexibility index (Phi) is 7.26. The highest BCUT2D eigenvalue weighted by Crippen LogP contribution is 2.39. The highest BCUT2D eigenvalue weighted by molar-refractivity contribution is 6.34. The van der Waals surface area contributed by atoms with Crippen molar-refractivity contribution in [2.75, 3.05) is 5.32 Å². The maximum absolute atomic E-state index is 12.7. The highest BCUT2D eigenvalue weighted by Gasteiger charge is 2.16. The van der Waals surface area contributed by atoms with Gasteiger partial charge in [-0.3, -0.25) is 9.78 Å². The van der Waals surface area contributed by atoms with E-state index in [0.717, 1.165) is 33.2 Å². The number of pyridine rings is 1. The first-order valence-corrected chi connectivity index (χ1v) is 10.4. The van der Waals surface area contributed by atoms with Gasteiger partial charge in [0.2, 0.25) is 5.91 Å². The van der Waals surface area contributed by atoms with E-state index < -0.39 is 5.91 Å². The minimum absolute atomic E-state index is 0. The van der Waals surface area contributed by atoms with Crippen molar-refractivity contribution in [3.05, 3.63) is 88.6 Å². The zero-order chi connectivity index (χ0) is 22.8. The van der Waals surface area contributed by atoms with E-state index in [9.17, 15) is 15.0 Å². The van der Waals surface area contributed by atoms with Crippen LogP contribution in [0.5, 0.6) is 11.5 Å². The lowest BCUT2D eigenvalue weighted by atomic mass is 9.96. The molecule has 0 radical (unpaired) electrons. The predicted octanol–water partition coefficient (Wildman–Crippen LogP) is 6.66. The molecule has 33 heavy (non-hydrogen) atoms. The fourth-order valence-electron chi connectivity index (χ4n) is 3.73. The van der Waals surface area contributed by atoms with Gasteiger partial charge in [-0.1, -0.05) is 53.6 Å². The Labute approximate surface area is 202 Å². The second-order valence-corrected chi connectivity index (χ2v) is 7.95. The molecule has 0 aliphatic carbocycles. The van der Waals surface area contributed by atoms with Crippen molar-refractivity contribution >= 4 is 52.6 Å². The fourth-order valence-corrected chi connectivity index (χ4v) is 3.96. The molecule has 0 atom stereocenters. The molecule has 4 aromatic rings. The first-order valence-electron chi connectivity index (χ1n) is 10.00. The molecular formula is C26H22Cl2N2O3. The van der Waals surface area contributed by atoms with Crippen LogP contribution in [0.4, 0.5) is 5.69 Å². The maximum atomic E-state index is 12.7. The summed E-state index contributed by atoms with van der Waals surface area (Å²) in [6.07, 6.45) is 4.35. The first-order chi connectivity index (χ1) is 15.3. The second kappa shape index (κ2) is 9.94. The van der Waals surface area contributed by atoms with Crippen LogP contribution in [0.1, 0.15) is 16.7 Å². The number of para-hydroxylation sites is 1. The van der Waals surface area contributed by atoms with Crippen molar-refractivity contribution in [2.45, 2.75) is 13.8 Å². The van der Waals surface area contributed by atoms with Gasteiger partial charge in [-0.15, -0.1) is 12.4 Å². The number of phenolic OH excluding ortho intramolecular Hbond substituents is 2. The van der Waals surface area contributed by atoms with Gasteiger partial charge in [0.05, 0.1) is 17.4 Å². The molecule has 1 amide bonds. The van der Waals surface area contributed by atoms with Gasteiger partial charge in [0.25, 0.3) is 0 Å². The third-order valence-electron chi connectivity index (χ3n) is 5.17. The van der Waals surface area contributed by atoms with Crippen molar-refractivity contribution < 1.29 is 15.0 Å². The predicted molar refractivity (Wildman–Crippen MR) is 136 cm³/mol. The zero-order valence-corrected chi connectivity index (χ0v) is 19.5. The molecule has 0 fully saturated rings. The van der Waals surface area contributed by atoms with Crippen LogP contribution < -0.4 is 5.32 Å². The quantitative estimate of drug-likeness (QED) is 0.225. The van der Waals surface area contributed by atoms with E-state index in [1.54, 1.807) is 18.3 Å². The molecule has 168 valence electrons. The zero-order valence-electron chi connectivity index (χ0n) is 18.0. The van der Waals surface area contributed by atoms with E-state index in [-0.39, 0.29) is 23.9 Å². The monoisotopic (exact) mass is 480 g/mol. The molecule has 0 unspecified atom stereocenters. The van der Waals surface area contributed by atoms with Crippen molar-refractivity contribution in [1.29, 1.82) is 0 Å². The molecule has 0 saturated heterocycles. The number of amides is 1. The molecular weight excluding hydrogens is 459 g/mol. The summed E-state index contributed by atoms with van der Waals surface area (Å²) in [6.45, 7) is 4.01. The Morgan fingerprint density at radius 3 is 2.58 bits per heavy atom. The lowest BCUT2D eigenvalue weighted by Crippen LogP contribution is -2.10. The van der Waals surface area contributed by atoms with Crippen LogP contribution in [0, 0.1) is 13.8 Å². The van der Waals surface area contributed by atoms with Crippen molar-refractivity contribution in [2.24, 2.45) is 0 Å². The third kappa shape index (κ3) is 4.95. The summed E-state index contributed by atoms with van der Waals surface area (Å²) in [6, 6.07) is 16.1. The summed E-state index contributed by atoms with van der Waals surface area (Å²) in [5.41, 5.74) is 5.37. The summed E-state index contributed by atoms with van der Waals surface area (Å²) < 4.78 is 0. The standard InChI is InChI=1S/C26H21ClN2O3.ClH/c1-15-12-16(2)25-19(13-15)24(18-7-3-4-8-20(18)27)21(14-28-25)29-23(31)11-10-17-6-5-9-22(30)26(17)32;/h3-14,30,32H,1-2H3,(H,29,31);1H. The second-order valence-electron chi connectivity index (χ2n) is 7.54. The lowest BCUT2D eigenvalue weighted by molar-refractivity contribution is -0.111. The van der Waals surface area contributed by atoms with Gasteiger partial charge in [-0.05, 0) is 43.7 Å². The number of carbonyl (C=O) groups is 1. The Hall–Kier alpha value is -3.54. The molecule has 7 heteroatoms. The van der Waals surface area contributed by atoms with Crippen LogP contribution in [0.15, 0.2) is 66.9 Å². The number of fused-ring (bicyclic) bond motifs is 1. The number of aromatic hydroxyl groups is 2. The number of halogens is 2. The Morgan fingerprint density at radius 2 is 1.82 bits per heavy atom. The molecule has 0 aliphatic heterocycles. The average molecular weight is 481 g/mol. The van der Waals surface area contributed by atoms with Crippen molar-refractivity contribution in [3.63, 3.8) is 0 Å². The molecule has 0 spiro atoms. The molecule has 0 bridgehead atoms. The molecule has 3 N–H and O–H groups in total. The Bertz CT molecular complexity index is 1380. The van der Waals surface area contributed by atoms with E-state index in [4.69, 9.17) is 11.6 Å². The van der Waals surface area contributed by atoms with Crippen LogP contribution in [0.25, 0.3) is 28.1 Å². The molecule has 3 aromatic carbocycles. The SMILES string of the molecule is Cc1cc(C)c2ncc(NC(=O)C=Cc3cccc(O)c3O)c(-c3ccccc3Cl)c2c1.Cl. The van der Waals surface area contributed by atoms with Crippen LogP contribution in [-0.2, 0) is 4.79 Å². The Morgan fingerprint density at radius 1 is 1.06 bits per heavy atom. The van der Waals surface area contributed by atoms with Crippen LogP contribution in [0.2, 0.25) is 5.02 Å². The molecule has 1 aromatic heterocycles. The lowest BCUT2D eigenvalue weighted by Gasteiger charge is -2.16. The highest BCUT2D eigenvalue weighted by atomic mass is 35.5. The summed E-state index contributed by atoms with van der Waals surface area (Å²) >= 11 is 6.52. The van der Waals surface area contributed by atoms with E-state index in [2.05, 4.69) is 16.4 Å². The van der Waals surface area contributed by atoms with Gasteiger partial charge in [0, 0.05) is 33.2 Å². The summed E-state index contributed by atoms with van der Waals surface area (Å²) in [7, 11) is 0. The average Bonchev–Trinajstić information content (AvgIpc) is 2.75. The number of rotatable bonds is 4. The van der Waals surface area contributed by atoms with E-state index in [0.29, 0.717) is 16.3 Å². The van der Waals surface area contributed by atoms with Crippen LogP contribution in [-0.4, -0.2) is 21.1 Å². The third-order valence-corrected chi connectivity index (χ3v) is 5.50. The van der Waals surface area contributed by atoms with Crippen LogP contribution >= 0.6 is 24.0 Å². The molecule has 0 aliphatic rings. The van der Waals surface area contributed by atoms with Crippen LogP contribution in [0.3, 0.4) is 0 Å². The van der Waals surface area contributed by atoms with Gasteiger partial charge in [0.1, 0.15) is 0 Å². The number of nitrogens with one attached hydrogen (secondary N) is 1. The number of anilines is 1. The summed E-state index contributed by atoms with van der Waals surface area (Å²) in [4.78, 5) is 17.3. The summed E-state index contributed by atoms with van der Waals surface area (Å²) in [5.74, 6) is -0.948. The van der Waals surface area contributed by atoms with Crippen molar-refractivity contribution in [1.82, 2.24) is 4.98 Å². The van der Waals surface area contributed by atoms with Gasteiger partial charge in [0.15, 0.2) is 11.5 Å². The first kappa shape index (κ1) is 24.1. The minimum Gasteiger partial charge on any atom is -0.504 e. The molecule has 5 nitrogen and oxygen atoms in total. The normalized spacial score (nSPS) is 10.9. The molecule has 0 saturated carbocycles. The van der Waals surface area contributed by atoms with E-state index in [1.807, 2.05) is 44.2 Å². The number of phenols is 2. The van der Waals surface area contributed by atoms with Gasteiger partial charge >= 0.3 is 0 Å². The van der Waals surface area contributed by atoms with Gasteiger partial charge < -0.3 is 15.5 Å². The largest absolute Gasteiger partial charge is 0.504 e. The number of aryl methyl sites for hydroxylation is 2. The maximum Gasteiger partial charge on any atom is 0.248 e. The van der Waals surface area contributed by atoms with E-state index >= 15 is 0 Å². The van der Waals surface area contributed by atoms with Gasteiger partial charge in [-0.2, -0.15) is 0 Å². The minimum atomic E-state index is -0.411. The molecule has 4 rings (SSSR count). The number of aromatic nitrogens is 1. The molecule has 1 heterocycles. The smallest absolute Gasteiger partial charge is 0.248 e. The summed E-state index contributed by atoms with van der Waals surface area (Å²) in [5, 5.41) is 23.9. The van der Waals surface area contributed by atoms with Gasteiger partial charge in [-0.25, -0.2) is 0 Å². The van der Waals surface area contributed by atoms with E-state index in [1.165, 1.54) is 18.2 Å². The number of hydrogen-bond acceptors (Lipinski definition) is 4. The number of benzene rings is 3. The number of nitrogens with zero attached hydrogens (tertiary/aromatic N) is 1. The topological polar surface area (TPSA) is 82.5 Å². The fraction of sp³-hybridized carbons (Fsp3) is 0.0769.